The van der Waals surface area contributed by atoms with Crippen LogP contribution in [0.25, 0.3) is 0 Å². The van der Waals surface area contributed by atoms with Crippen LogP contribution in [0.15, 0.2) is 18.2 Å². The van der Waals surface area contributed by atoms with Crippen molar-refractivity contribution >= 4 is 24.2 Å². The van der Waals surface area contributed by atoms with Crippen LogP contribution in [0.4, 0.5) is 5.69 Å². The van der Waals surface area contributed by atoms with Crippen molar-refractivity contribution in [2.24, 2.45) is 0 Å². The minimum absolute atomic E-state index is 0.167. The SMILES string of the molecule is Cc1ccc(B2OC(C)(C)C(C)(C)O2)cc1NC(=O)CC#N. The van der Waals surface area contributed by atoms with E-state index in [-0.39, 0.29) is 12.3 Å². The summed E-state index contributed by atoms with van der Waals surface area (Å²) in [7, 11) is -0.475. The van der Waals surface area contributed by atoms with Gasteiger partial charge in [-0.25, -0.2) is 0 Å². The van der Waals surface area contributed by atoms with E-state index >= 15 is 0 Å². The number of aryl methyl sites for hydroxylation is 1. The fourth-order valence-electron chi connectivity index (χ4n) is 2.17. The fraction of sp³-hybridized carbons (Fsp3) is 0.500. The Morgan fingerprint density at radius 2 is 1.86 bits per heavy atom. The van der Waals surface area contributed by atoms with Crippen molar-refractivity contribution in [1.82, 2.24) is 0 Å². The van der Waals surface area contributed by atoms with Crippen molar-refractivity contribution in [2.45, 2.75) is 52.2 Å². The third-order valence-electron chi connectivity index (χ3n) is 4.30. The number of benzene rings is 1. The highest BCUT2D eigenvalue weighted by Gasteiger charge is 2.51. The molecule has 1 aliphatic rings. The highest BCUT2D eigenvalue weighted by atomic mass is 16.7. The van der Waals surface area contributed by atoms with Gasteiger partial charge in [-0.1, -0.05) is 12.1 Å². The topological polar surface area (TPSA) is 71.3 Å². The van der Waals surface area contributed by atoms with Gasteiger partial charge in [-0.05, 0) is 51.7 Å². The molecule has 0 radical (unpaired) electrons. The molecule has 1 amide bonds. The molecule has 1 fully saturated rings. The summed E-state index contributed by atoms with van der Waals surface area (Å²) < 4.78 is 12.0. The Labute approximate surface area is 131 Å². The number of nitriles is 1. The number of anilines is 1. The molecule has 22 heavy (non-hydrogen) atoms. The Kier molecular flexibility index (Phi) is 4.32. The van der Waals surface area contributed by atoms with Crippen LogP contribution in [0.3, 0.4) is 0 Å². The van der Waals surface area contributed by atoms with Gasteiger partial charge in [-0.3, -0.25) is 4.79 Å². The van der Waals surface area contributed by atoms with Gasteiger partial charge in [0.25, 0.3) is 0 Å². The summed E-state index contributed by atoms with van der Waals surface area (Å²) in [6, 6.07) is 7.51. The maximum atomic E-state index is 11.6. The van der Waals surface area contributed by atoms with Gasteiger partial charge >= 0.3 is 7.12 Å². The van der Waals surface area contributed by atoms with Crippen molar-refractivity contribution in [3.8, 4) is 6.07 Å². The lowest BCUT2D eigenvalue weighted by Gasteiger charge is -2.32. The van der Waals surface area contributed by atoms with Crippen LogP contribution >= 0.6 is 0 Å². The van der Waals surface area contributed by atoms with Gasteiger partial charge in [0, 0.05) is 5.69 Å². The van der Waals surface area contributed by atoms with Crippen molar-refractivity contribution in [3.63, 3.8) is 0 Å². The van der Waals surface area contributed by atoms with Crippen molar-refractivity contribution < 1.29 is 14.1 Å². The summed E-state index contributed by atoms with van der Waals surface area (Å²) in [6.07, 6.45) is -0.167. The highest BCUT2D eigenvalue weighted by Crippen LogP contribution is 2.36. The standard InChI is InChI=1S/C16H21BN2O3/c1-11-6-7-12(10-13(11)19-14(20)8-9-18)17-21-15(2,3)16(4,5)22-17/h6-7,10H,8H2,1-5H3,(H,19,20). The Morgan fingerprint density at radius 1 is 1.27 bits per heavy atom. The first kappa shape index (κ1) is 16.5. The molecular weight excluding hydrogens is 279 g/mol. The molecule has 1 aromatic rings. The van der Waals surface area contributed by atoms with E-state index in [0.717, 1.165) is 11.0 Å². The molecule has 116 valence electrons. The van der Waals surface area contributed by atoms with Crippen LogP contribution in [-0.4, -0.2) is 24.2 Å². The van der Waals surface area contributed by atoms with Crippen LogP contribution in [0.2, 0.25) is 0 Å². The van der Waals surface area contributed by atoms with Gasteiger partial charge < -0.3 is 14.6 Å². The predicted molar refractivity (Wildman–Crippen MR) is 85.8 cm³/mol. The van der Waals surface area contributed by atoms with Crippen LogP contribution in [-0.2, 0) is 14.1 Å². The van der Waals surface area contributed by atoms with E-state index < -0.39 is 18.3 Å². The number of hydrogen-bond acceptors (Lipinski definition) is 4. The lowest BCUT2D eigenvalue weighted by atomic mass is 9.78. The average Bonchev–Trinajstić information content (AvgIpc) is 2.61. The Hall–Kier alpha value is -1.84. The molecule has 1 aromatic carbocycles. The van der Waals surface area contributed by atoms with E-state index in [4.69, 9.17) is 14.6 Å². The number of nitrogens with one attached hydrogen (secondary N) is 1. The predicted octanol–water partition coefficient (Wildman–Crippen LogP) is 2.15. The summed E-state index contributed by atoms with van der Waals surface area (Å²) in [5.41, 5.74) is 1.62. The molecular formula is C16H21BN2O3. The van der Waals surface area contributed by atoms with E-state index in [0.29, 0.717) is 5.69 Å². The first-order valence-corrected chi connectivity index (χ1v) is 7.29. The second kappa shape index (κ2) is 5.75. The Balaban J connectivity index is 2.24. The van der Waals surface area contributed by atoms with Crippen molar-refractivity contribution in [2.75, 3.05) is 5.32 Å². The summed E-state index contributed by atoms with van der Waals surface area (Å²) in [6.45, 7) is 9.89. The zero-order valence-corrected chi connectivity index (χ0v) is 13.7. The minimum atomic E-state index is -0.475. The summed E-state index contributed by atoms with van der Waals surface area (Å²) in [5.74, 6) is -0.323. The maximum Gasteiger partial charge on any atom is 0.494 e. The molecule has 5 nitrogen and oxygen atoms in total. The molecule has 1 saturated heterocycles. The second-order valence-corrected chi connectivity index (χ2v) is 6.55. The minimum Gasteiger partial charge on any atom is -0.399 e. The molecule has 0 bridgehead atoms. The Bertz CT molecular complexity index is 619. The molecule has 0 unspecified atom stereocenters. The Morgan fingerprint density at radius 3 is 2.41 bits per heavy atom. The first-order valence-electron chi connectivity index (χ1n) is 7.29. The highest BCUT2D eigenvalue weighted by molar-refractivity contribution is 6.62. The molecule has 1 aliphatic heterocycles. The molecule has 0 aromatic heterocycles. The van der Waals surface area contributed by atoms with Gasteiger partial charge in [0.1, 0.15) is 6.42 Å². The lowest BCUT2D eigenvalue weighted by molar-refractivity contribution is -0.115. The zero-order valence-electron chi connectivity index (χ0n) is 13.7. The van der Waals surface area contributed by atoms with E-state index in [1.54, 1.807) is 0 Å². The normalized spacial score (nSPS) is 18.8. The lowest BCUT2D eigenvalue weighted by Crippen LogP contribution is -2.41. The average molecular weight is 300 g/mol. The molecule has 1 heterocycles. The third kappa shape index (κ3) is 3.16. The monoisotopic (exact) mass is 300 g/mol. The van der Waals surface area contributed by atoms with Gasteiger partial charge in [0.2, 0.25) is 5.91 Å². The van der Waals surface area contributed by atoms with E-state index in [9.17, 15) is 4.79 Å². The maximum absolute atomic E-state index is 11.6. The zero-order chi connectivity index (χ0) is 16.5. The van der Waals surface area contributed by atoms with E-state index in [2.05, 4.69) is 5.32 Å². The second-order valence-electron chi connectivity index (χ2n) is 6.55. The molecule has 0 saturated carbocycles. The van der Waals surface area contributed by atoms with Gasteiger partial charge in [-0.15, -0.1) is 0 Å². The summed E-state index contributed by atoms with van der Waals surface area (Å²) in [4.78, 5) is 11.6. The van der Waals surface area contributed by atoms with E-state index in [1.165, 1.54) is 0 Å². The number of amides is 1. The van der Waals surface area contributed by atoms with Gasteiger partial charge in [-0.2, -0.15) is 5.26 Å². The van der Waals surface area contributed by atoms with Crippen LogP contribution < -0.4 is 10.8 Å². The van der Waals surface area contributed by atoms with Crippen molar-refractivity contribution in [3.05, 3.63) is 23.8 Å². The fourth-order valence-corrected chi connectivity index (χ4v) is 2.17. The summed E-state index contributed by atoms with van der Waals surface area (Å²) >= 11 is 0. The van der Waals surface area contributed by atoms with Crippen LogP contribution in [0.5, 0.6) is 0 Å². The number of nitrogens with zero attached hydrogens (tertiary/aromatic N) is 1. The molecule has 0 aliphatic carbocycles. The smallest absolute Gasteiger partial charge is 0.399 e. The number of rotatable bonds is 3. The van der Waals surface area contributed by atoms with Crippen LogP contribution in [0.1, 0.15) is 39.7 Å². The van der Waals surface area contributed by atoms with Crippen molar-refractivity contribution in [1.29, 1.82) is 5.26 Å². The number of carbonyl (C=O) groups is 1. The quantitative estimate of drug-likeness (QED) is 0.868. The molecule has 0 atom stereocenters. The third-order valence-corrected chi connectivity index (χ3v) is 4.30. The molecule has 2 rings (SSSR count). The number of hydrogen-bond donors (Lipinski definition) is 1. The molecule has 0 spiro atoms. The van der Waals surface area contributed by atoms with E-state index in [1.807, 2.05) is 58.9 Å². The van der Waals surface area contributed by atoms with Crippen LogP contribution in [0, 0.1) is 18.3 Å². The largest absolute Gasteiger partial charge is 0.494 e. The van der Waals surface area contributed by atoms with Gasteiger partial charge in [0.15, 0.2) is 0 Å². The molecule has 1 N–H and O–H groups in total. The first-order chi connectivity index (χ1) is 10.2. The number of carbonyl (C=O) groups excluding carboxylic acids is 1. The molecule has 6 heteroatoms. The van der Waals surface area contributed by atoms with Gasteiger partial charge in [0.05, 0.1) is 17.3 Å². The summed E-state index contributed by atoms with van der Waals surface area (Å²) in [5, 5.41) is 11.3.